The van der Waals surface area contributed by atoms with Crippen molar-refractivity contribution in [2.75, 3.05) is 0 Å². The summed E-state index contributed by atoms with van der Waals surface area (Å²) < 4.78 is 0. The molecule has 0 aliphatic heterocycles. The van der Waals surface area contributed by atoms with Gasteiger partial charge in [0, 0.05) is 11.6 Å². The van der Waals surface area contributed by atoms with Crippen LogP contribution in [0.5, 0.6) is 0 Å². The van der Waals surface area contributed by atoms with Crippen molar-refractivity contribution >= 4 is 21.9 Å². The number of pyridine rings is 1. The summed E-state index contributed by atoms with van der Waals surface area (Å²) in [4.78, 5) is 12.6. The number of H-pyrrole nitrogens is 1. The van der Waals surface area contributed by atoms with Gasteiger partial charge in [-0.2, -0.15) is 0 Å². The largest absolute Gasteiger partial charge is 0.341 e. The highest BCUT2D eigenvalue weighted by atomic mass is 15.0. The van der Waals surface area contributed by atoms with E-state index in [0.717, 1.165) is 45.3 Å². The fourth-order valence-electron chi connectivity index (χ4n) is 3.68. The van der Waals surface area contributed by atoms with Crippen molar-refractivity contribution < 1.29 is 0 Å². The van der Waals surface area contributed by atoms with Crippen LogP contribution in [0.4, 0.5) is 0 Å². The van der Waals surface area contributed by atoms with E-state index in [4.69, 9.17) is 10.7 Å². The minimum atomic E-state index is -0.167. The third-order valence-electron chi connectivity index (χ3n) is 5.11. The first-order valence-corrected chi connectivity index (χ1v) is 9.41. The van der Waals surface area contributed by atoms with Crippen molar-refractivity contribution in [3.8, 4) is 11.1 Å². The number of hydrogen-bond donors (Lipinski definition) is 2. The summed E-state index contributed by atoms with van der Waals surface area (Å²) in [6, 6.07) is 26.7. The number of fused-ring (bicyclic) bond motifs is 2. The second-order valence-electron chi connectivity index (χ2n) is 7.03. The Labute approximate surface area is 163 Å². The molecule has 0 fully saturated rings. The van der Waals surface area contributed by atoms with Crippen LogP contribution in [0.2, 0.25) is 0 Å². The van der Waals surface area contributed by atoms with E-state index < -0.39 is 0 Å². The Kier molecular flexibility index (Phi) is 4.11. The molecule has 0 bridgehead atoms. The van der Waals surface area contributed by atoms with Gasteiger partial charge >= 0.3 is 0 Å². The van der Waals surface area contributed by atoms with Gasteiger partial charge in [-0.1, -0.05) is 54.6 Å². The van der Waals surface area contributed by atoms with Gasteiger partial charge in [0.25, 0.3) is 0 Å². The molecule has 0 spiro atoms. The molecule has 5 aromatic rings. The molecule has 0 aliphatic carbocycles. The van der Waals surface area contributed by atoms with Crippen LogP contribution in [0.3, 0.4) is 0 Å². The van der Waals surface area contributed by atoms with Gasteiger partial charge < -0.3 is 10.7 Å². The number of nitrogens with zero attached hydrogens (tertiary/aromatic N) is 2. The maximum atomic E-state index is 6.41. The van der Waals surface area contributed by atoms with Crippen molar-refractivity contribution in [2.24, 2.45) is 5.73 Å². The highest BCUT2D eigenvalue weighted by molar-refractivity contribution is 5.96. The molecule has 0 saturated heterocycles. The van der Waals surface area contributed by atoms with Gasteiger partial charge in [-0.25, -0.2) is 4.98 Å². The Morgan fingerprint density at radius 2 is 1.68 bits per heavy atom. The fourth-order valence-corrected chi connectivity index (χ4v) is 3.68. The molecule has 2 heterocycles. The SMILES string of the molecule is NC(Cc1ccccc1)c1nc2ccc(-c3ccnc4ccccc34)cc2[nH]1. The van der Waals surface area contributed by atoms with Gasteiger partial charge in [0.05, 0.1) is 22.6 Å². The first kappa shape index (κ1) is 16.7. The zero-order valence-electron chi connectivity index (χ0n) is 15.3. The molecule has 0 amide bonds. The molecule has 2 aromatic heterocycles. The number of benzene rings is 3. The molecule has 0 radical (unpaired) electrons. The molecular weight excluding hydrogens is 344 g/mol. The van der Waals surface area contributed by atoms with Gasteiger partial charge in [0.1, 0.15) is 5.82 Å². The Bertz CT molecular complexity index is 1250. The number of aromatic amines is 1. The van der Waals surface area contributed by atoms with Crippen LogP contribution in [0.25, 0.3) is 33.1 Å². The van der Waals surface area contributed by atoms with Crippen LogP contribution in [0, 0.1) is 0 Å². The van der Waals surface area contributed by atoms with Crippen molar-refractivity contribution in [1.82, 2.24) is 15.0 Å². The van der Waals surface area contributed by atoms with Crippen LogP contribution in [-0.4, -0.2) is 15.0 Å². The van der Waals surface area contributed by atoms with Crippen molar-refractivity contribution in [3.05, 3.63) is 96.4 Å². The number of aromatic nitrogens is 3. The molecule has 0 aliphatic rings. The smallest absolute Gasteiger partial charge is 0.124 e. The van der Waals surface area contributed by atoms with E-state index in [0.29, 0.717) is 0 Å². The van der Waals surface area contributed by atoms with E-state index in [-0.39, 0.29) is 6.04 Å². The maximum Gasteiger partial charge on any atom is 0.124 e. The number of rotatable bonds is 4. The summed E-state index contributed by atoms with van der Waals surface area (Å²) in [6.07, 6.45) is 2.61. The molecule has 3 aromatic carbocycles. The van der Waals surface area contributed by atoms with Gasteiger partial charge in [-0.15, -0.1) is 0 Å². The second-order valence-corrected chi connectivity index (χ2v) is 7.03. The zero-order chi connectivity index (χ0) is 18.9. The predicted octanol–water partition coefficient (Wildman–Crippen LogP) is 5.02. The number of hydrogen-bond acceptors (Lipinski definition) is 3. The van der Waals surface area contributed by atoms with Gasteiger partial charge in [-0.05, 0) is 47.4 Å². The Hall–Kier alpha value is -3.50. The average Bonchev–Trinajstić information content (AvgIpc) is 3.18. The molecule has 4 heteroatoms. The quantitative estimate of drug-likeness (QED) is 0.470. The van der Waals surface area contributed by atoms with Crippen LogP contribution in [0.15, 0.2) is 85.1 Å². The van der Waals surface area contributed by atoms with E-state index in [1.54, 1.807) is 0 Å². The van der Waals surface area contributed by atoms with E-state index in [2.05, 4.69) is 52.4 Å². The Balaban J connectivity index is 1.52. The molecule has 28 heavy (non-hydrogen) atoms. The monoisotopic (exact) mass is 364 g/mol. The molecule has 4 nitrogen and oxygen atoms in total. The van der Waals surface area contributed by atoms with E-state index in [1.165, 1.54) is 5.56 Å². The molecule has 3 N–H and O–H groups in total. The van der Waals surface area contributed by atoms with Gasteiger partial charge in [0.15, 0.2) is 0 Å². The molecule has 5 rings (SSSR count). The summed E-state index contributed by atoms with van der Waals surface area (Å²) in [6.45, 7) is 0. The molecule has 136 valence electrons. The lowest BCUT2D eigenvalue weighted by Gasteiger charge is -2.08. The first-order chi connectivity index (χ1) is 13.8. The average molecular weight is 364 g/mol. The molecular formula is C24H20N4. The third-order valence-corrected chi connectivity index (χ3v) is 5.11. The summed E-state index contributed by atoms with van der Waals surface area (Å²) >= 11 is 0. The van der Waals surface area contributed by atoms with Gasteiger partial charge in [0.2, 0.25) is 0 Å². The standard InChI is InChI=1S/C24H20N4/c25-20(14-16-6-2-1-3-7-16)24-27-22-11-10-17(15-23(22)28-24)18-12-13-26-21-9-5-4-8-19(18)21/h1-13,15,20H,14,25H2,(H,27,28). The van der Waals surface area contributed by atoms with E-state index in [9.17, 15) is 0 Å². The second kappa shape index (κ2) is 6.91. The predicted molar refractivity (Wildman–Crippen MR) is 114 cm³/mol. The molecule has 1 atom stereocenters. The summed E-state index contributed by atoms with van der Waals surface area (Å²) in [5.41, 5.74) is 12.8. The number of nitrogens with one attached hydrogen (secondary N) is 1. The highest BCUT2D eigenvalue weighted by Gasteiger charge is 2.13. The van der Waals surface area contributed by atoms with Crippen molar-refractivity contribution in [2.45, 2.75) is 12.5 Å². The minimum absolute atomic E-state index is 0.167. The molecule has 0 saturated carbocycles. The van der Waals surface area contributed by atoms with Crippen LogP contribution >= 0.6 is 0 Å². The summed E-state index contributed by atoms with van der Waals surface area (Å²) in [5, 5.41) is 1.14. The Morgan fingerprint density at radius 3 is 2.57 bits per heavy atom. The van der Waals surface area contributed by atoms with Crippen LogP contribution < -0.4 is 5.73 Å². The Morgan fingerprint density at radius 1 is 0.857 bits per heavy atom. The van der Waals surface area contributed by atoms with E-state index >= 15 is 0 Å². The van der Waals surface area contributed by atoms with Crippen molar-refractivity contribution in [3.63, 3.8) is 0 Å². The topological polar surface area (TPSA) is 67.6 Å². The normalized spacial score (nSPS) is 12.5. The highest BCUT2D eigenvalue weighted by Crippen LogP contribution is 2.29. The maximum absolute atomic E-state index is 6.41. The number of para-hydroxylation sites is 1. The molecule has 1 unspecified atom stereocenters. The van der Waals surface area contributed by atoms with Crippen molar-refractivity contribution in [1.29, 1.82) is 0 Å². The lowest BCUT2D eigenvalue weighted by atomic mass is 10.0. The first-order valence-electron chi connectivity index (χ1n) is 9.41. The lowest BCUT2D eigenvalue weighted by Crippen LogP contribution is -2.14. The number of nitrogens with two attached hydrogens (primary N) is 1. The summed E-state index contributed by atoms with van der Waals surface area (Å²) in [5.74, 6) is 0.815. The van der Waals surface area contributed by atoms with Crippen LogP contribution in [0.1, 0.15) is 17.4 Å². The zero-order valence-corrected chi connectivity index (χ0v) is 15.3. The van der Waals surface area contributed by atoms with E-state index in [1.807, 2.05) is 42.6 Å². The fraction of sp³-hybridized carbons (Fsp3) is 0.0833. The minimum Gasteiger partial charge on any atom is -0.341 e. The lowest BCUT2D eigenvalue weighted by molar-refractivity contribution is 0.680. The third kappa shape index (κ3) is 3.04. The number of imidazole rings is 1. The van der Waals surface area contributed by atoms with Crippen LogP contribution in [-0.2, 0) is 6.42 Å². The summed E-state index contributed by atoms with van der Waals surface area (Å²) in [7, 11) is 0. The van der Waals surface area contributed by atoms with Gasteiger partial charge in [-0.3, -0.25) is 4.98 Å².